The number of nitrogens with one attached hydrogen (secondary N) is 1. The number of phenols is 1. The van der Waals surface area contributed by atoms with E-state index in [1.165, 1.54) is 11.1 Å². The zero-order valence-corrected chi connectivity index (χ0v) is 11.3. The fourth-order valence-electron chi connectivity index (χ4n) is 1.85. The Bertz CT molecular complexity index is 549. The SMILES string of the molecule is NC(=S)Nc1ccc(CCc2ccc(O)cc2)cc1. The Labute approximate surface area is 118 Å². The molecular weight excluding hydrogens is 256 g/mol. The third kappa shape index (κ3) is 4.26. The molecule has 0 aliphatic heterocycles. The van der Waals surface area contributed by atoms with Crippen LogP contribution in [0.3, 0.4) is 0 Å². The number of nitrogens with two attached hydrogens (primary N) is 1. The number of benzene rings is 2. The monoisotopic (exact) mass is 272 g/mol. The van der Waals surface area contributed by atoms with Crippen LogP contribution in [0.1, 0.15) is 11.1 Å². The third-order valence-electron chi connectivity index (χ3n) is 2.86. The molecule has 0 atom stereocenters. The van der Waals surface area contributed by atoms with Gasteiger partial charge >= 0.3 is 0 Å². The van der Waals surface area contributed by atoms with Crippen molar-refractivity contribution in [2.24, 2.45) is 5.73 Å². The first-order valence-electron chi connectivity index (χ1n) is 6.07. The van der Waals surface area contributed by atoms with E-state index in [1.807, 2.05) is 24.3 Å². The van der Waals surface area contributed by atoms with Gasteiger partial charge in [0.05, 0.1) is 0 Å². The van der Waals surface area contributed by atoms with Gasteiger partial charge in [-0.15, -0.1) is 0 Å². The maximum absolute atomic E-state index is 9.22. The molecule has 0 aliphatic rings. The first-order chi connectivity index (χ1) is 9.13. The van der Waals surface area contributed by atoms with E-state index in [4.69, 9.17) is 18.0 Å². The summed E-state index contributed by atoms with van der Waals surface area (Å²) in [6.07, 6.45) is 1.90. The van der Waals surface area contributed by atoms with E-state index in [0.29, 0.717) is 5.75 Å². The molecule has 0 saturated heterocycles. The number of aromatic hydroxyl groups is 1. The van der Waals surface area contributed by atoms with Crippen molar-refractivity contribution < 1.29 is 5.11 Å². The minimum Gasteiger partial charge on any atom is -0.508 e. The van der Waals surface area contributed by atoms with Crippen molar-refractivity contribution in [3.05, 3.63) is 59.7 Å². The molecule has 2 aromatic rings. The average molecular weight is 272 g/mol. The number of anilines is 1. The van der Waals surface area contributed by atoms with Crippen molar-refractivity contribution in [2.45, 2.75) is 12.8 Å². The normalized spacial score (nSPS) is 10.1. The van der Waals surface area contributed by atoms with Gasteiger partial charge in [-0.05, 0) is 60.5 Å². The van der Waals surface area contributed by atoms with Gasteiger partial charge in [0.15, 0.2) is 5.11 Å². The summed E-state index contributed by atoms with van der Waals surface area (Å²) in [6.45, 7) is 0. The molecule has 2 rings (SSSR count). The molecule has 98 valence electrons. The van der Waals surface area contributed by atoms with E-state index >= 15 is 0 Å². The second kappa shape index (κ2) is 6.20. The molecular formula is C15H16N2OS. The van der Waals surface area contributed by atoms with Crippen LogP contribution in [0.25, 0.3) is 0 Å². The molecule has 4 N–H and O–H groups in total. The van der Waals surface area contributed by atoms with Gasteiger partial charge in [0.1, 0.15) is 5.75 Å². The summed E-state index contributed by atoms with van der Waals surface area (Å²) >= 11 is 4.78. The molecule has 0 heterocycles. The van der Waals surface area contributed by atoms with E-state index in [-0.39, 0.29) is 5.11 Å². The standard InChI is InChI=1S/C15H16N2OS/c16-15(19)17-13-7-3-11(4-8-13)1-2-12-5-9-14(18)10-6-12/h3-10,18H,1-2H2,(H3,16,17,19). The Morgan fingerprint density at radius 2 is 1.42 bits per heavy atom. The molecule has 3 nitrogen and oxygen atoms in total. The van der Waals surface area contributed by atoms with E-state index < -0.39 is 0 Å². The second-order valence-electron chi connectivity index (χ2n) is 4.35. The van der Waals surface area contributed by atoms with E-state index in [2.05, 4.69) is 17.4 Å². The van der Waals surface area contributed by atoms with E-state index in [0.717, 1.165) is 18.5 Å². The lowest BCUT2D eigenvalue weighted by Crippen LogP contribution is -2.18. The van der Waals surface area contributed by atoms with Crippen LogP contribution in [0.5, 0.6) is 5.75 Å². The van der Waals surface area contributed by atoms with Crippen LogP contribution in [-0.4, -0.2) is 10.2 Å². The number of aryl methyl sites for hydroxylation is 2. The lowest BCUT2D eigenvalue weighted by Gasteiger charge is -2.06. The highest BCUT2D eigenvalue weighted by molar-refractivity contribution is 7.80. The minimum atomic E-state index is 0.275. The van der Waals surface area contributed by atoms with Crippen LogP contribution in [0.15, 0.2) is 48.5 Å². The van der Waals surface area contributed by atoms with Crippen molar-refractivity contribution in [2.75, 3.05) is 5.32 Å². The number of hydrogen-bond donors (Lipinski definition) is 3. The van der Waals surface area contributed by atoms with Crippen molar-refractivity contribution >= 4 is 23.0 Å². The zero-order valence-electron chi connectivity index (χ0n) is 10.5. The van der Waals surface area contributed by atoms with Crippen LogP contribution >= 0.6 is 12.2 Å². The highest BCUT2D eigenvalue weighted by atomic mass is 32.1. The second-order valence-corrected chi connectivity index (χ2v) is 4.79. The predicted molar refractivity (Wildman–Crippen MR) is 82.4 cm³/mol. The predicted octanol–water partition coefficient (Wildman–Crippen LogP) is 2.83. The van der Waals surface area contributed by atoms with Gasteiger partial charge in [-0.2, -0.15) is 0 Å². The van der Waals surface area contributed by atoms with Crippen molar-refractivity contribution in [3.8, 4) is 5.75 Å². The smallest absolute Gasteiger partial charge is 0.168 e. The molecule has 0 bridgehead atoms. The number of phenolic OH excluding ortho intramolecular Hbond substituents is 1. The first kappa shape index (κ1) is 13.4. The van der Waals surface area contributed by atoms with Crippen LogP contribution in [0, 0.1) is 0 Å². The first-order valence-corrected chi connectivity index (χ1v) is 6.47. The van der Waals surface area contributed by atoms with E-state index in [9.17, 15) is 5.11 Å². The van der Waals surface area contributed by atoms with Gasteiger partial charge in [0.25, 0.3) is 0 Å². The van der Waals surface area contributed by atoms with Gasteiger partial charge in [-0.1, -0.05) is 24.3 Å². The van der Waals surface area contributed by atoms with Crippen molar-refractivity contribution in [3.63, 3.8) is 0 Å². The summed E-state index contributed by atoms with van der Waals surface area (Å²) in [5.74, 6) is 0.303. The van der Waals surface area contributed by atoms with Gasteiger partial charge in [-0.3, -0.25) is 0 Å². The Kier molecular flexibility index (Phi) is 4.36. The summed E-state index contributed by atoms with van der Waals surface area (Å²) in [5.41, 5.74) is 8.78. The maximum atomic E-state index is 9.22. The molecule has 19 heavy (non-hydrogen) atoms. The number of hydrogen-bond acceptors (Lipinski definition) is 2. The van der Waals surface area contributed by atoms with Crippen molar-refractivity contribution in [1.29, 1.82) is 0 Å². The van der Waals surface area contributed by atoms with Gasteiger partial charge in [-0.25, -0.2) is 0 Å². The minimum absolute atomic E-state index is 0.275. The average Bonchev–Trinajstić information content (AvgIpc) is 2.39. The quantitative estimate of drug-likeness (QED) is 0.749. The Morgan fingerprint density at radius 1 is 0.947 bits per heavy atom. The lowest BCUT2D eigenvalue weighted by molar-refractivity contribution is 0.475. The summed E-state index contributed by atoms with van der Waals surface area (Å²) in [6, 6.07) is 15.4. The highest BCUT2D eigenvalue weighted by Crippen LogP contribution is 2.14. The number of rotatable bonds is 4. The molecule has 0 unspecified atom stereocenters. The Morgan fingerprint density at radius 3 is 1.89 bits per heavy atom. The largest absolute Gasteiger partial charge is 0.508 e. The molecule has 0 fully saturated rings. The molecule has 2 aromatic carbocycles. The lowest BCUT2D eigenvalue weighted by atomic mass is 10.0. The molecule has 0 aromatic heterocycles. The molecule has 0 spiro atoms. The van der Waals surface area contributed by atoms with E-state index in [1.54, 1.807) is 12.1 Å². The summed E-state index contributed by atoms with van der Waals surface area (Å²) in [4.78, 5) is 0. The van der Waals surface area contributed by atoms with Gasteiger partial charge in [0.2, 0.25) is 0 Å². The summed E-state index contributed by atoms with van der Waals surface area (Å²) in [7, 11) is 0. The number of thiocarbonyl (C=S) groups is 1. The molecule has 0 amide bonds. The molecule has 0 radical (unpaired) electrons. The fourth-order valence-corrected chi connectivity index (χ4v) is 1.97. The summed E-state index contributed by atoms with van der Waals surface area (Å²) in [5, 5.41) is 12.4. The van der Waals surface area contributed by atoms with Crippen LogP contribution in [-0.2, 0) is 12.8 Å². The molecule has 0 saturated carbocycles. The van der Waals surface area contributed by atoms with Crippen LogP contribution in [0.2, 0.25) is 0 Å². The molecule has 4 heteroatoms. The van der Waals surface area contributed by atoms with Gasteiger partial charge in [0, 0.05) is 5.69 Å². The maximum Gasteiger partial charge on any atom is 0.168 e. The van der Waals surface area contributed by atoms with Crippen LogP contribution < -0.4 is 11.1 Å². The Balaban J connectivity index is 1.92. The highest BCUT2D eigenvalue weighted by Gasteiger charge is 1.98. The molecule has 0 aliphatic carbocycles. The fraction of sp³-hybridized carbons (Fsp3) is 0.133. The van der Waals surface area contributed by atoms with Crippen molar-refractivity contribution in [1.82, 2.24) is 0 Å². The third-order valence-corrected chi connectivity index (χ3v) is 2.96. The van der Waals surface area contributed by atoms with Crippen LogP contribution in [0.4, 0.5) is 5.69 Å². The summed E-state index contributed by atoms with van der Waals surface area (Å²) < 4.78 is 0. The van der Waals surface area contributed by atoms with Gasteiger partial charge < -0.3 is 16.2 Å². The zero-order chi connectivity index (χ0) is 13.7. The Hall–Kier alpha value is -2.07. The topological polar surface area (TPSA) is 58.3 Å².